The molecule has 1 aromatic heterocycles. The minimum absolute atomic E-state index is 0.0280. The van der Waals surface area contributed by atoms with Crippen LogP contribution in [0.2, 0.25) is 0 Å². The second kappa shape index (κ2) is 6.24. The Kier molecular flexibility index (Phi) is 4.14. The Morgan fingerprint density at radius 2 is 2.13 bits per heavy atom. The van der Waals surface area contributed by atoms with Gasteiger partial charge in [-0.25, -0.2) is 4.98 Å². The number of imidazole rings is 1. The zero-order chi connectivity index (χ0) is 16.4. The molecule has 1 unspecified atom stereocenters. The van der Waals surface area contributed by atoms with Crippen molar-refractivity contribution in [2.75, 3.05) is 6.54 Å². The van der Waals surface area contributed by atoms with Crippen molar-refractivity contribution in [2.24, 2.45) is 0 Å². The normalized spacial score (nSPS) is 16.8. The summed E-state index contributed by atoms with van der Waals surface area (Å²) in [6.45, 7) is 4.28. The van der Waals surface area contributed by atoms with Crippen molar-refractivity contribution >= 4 is 11.8 Å². The Labute approximate surface area is 134 Å². The Bertz CT molecular complexity index is 721. The van der Waals surface area contributed by atoms with Crippen LogP contribution in [0.15, 0.2) is 36.5 Å². The van der Waals surface area contributed by atoms with Crippen molar-refractivity contribution < 1.29 is 9.59 Å². The van der Waals surface area contributed by atoms with Crippen LogP contribution in [-0.2, 0) is 4.79 Å². The smallest absolute Gasteiger partial charge is 0.269 e. The Morgan fingerprint density at radius 1 is 1.39 bits per heavy atom. The number of benzene rings is 1. The number of carbonyl (C=O) groups is 2. The molecule has 0 saturated carbocycles. The third kappa shape index (κ3) is 3.11. The quantitative estimate of drug-likeness (QED) is 0.903. The molecule has 2 amide bonds. The van der Waals surface area contributed by atoms with E-state index in [0.29, 0.717) is 18.7 Å². The Hall–Kier alpha value is -2.63. The van der Waals surface area contributed by atoms with Gasteiger partial charge in [0, 0.05) is 24.6 Å². The van der Waals surface area contributed by atoms with Crippen LogP contribution < -0.4 is 10.6 Å². The van der Waals surface area contributed by atoms with Crippen LogP contribution in [0.3, 0.4) is 0 Å². The molecule has 1 aromatic carbocycles. The number of nitrogens with one attached hydrogen (secondary N) is 2. The summed E-state index contributed by atoms with van der Waals surface area (Å²) >= 11 is 0. The number of hydrogen-bond acceptors (Lipinski definition) is 3. The molecule has 2 N–H and O–H groups in total. The molecule has 3 rings (SSSR count). The van der Waals surface area contributed by atoms with Gasteiger partial charge in [-0.3, -0.25) is 9.59 Å². The lowest BCUT2D eigenvalue weighted by atomic mass is 10.1. The van der Waals surface area contributed by atoms with E-state index in [1.807, 2.05) is 48.7 Å². The largest absolute Gasteiger partial charge is 0.354 e. The topological polar surface area (TPSA) is 76.0 Å². The standard InChI is InChI=1S/C17H20N4O2/c1-11(2)20-15(22)8-13-9-19-17(23)14-10-18-16(21(13)14)12-6-4-3-5-7-12/h3-7,10-11,13H,8-9H2,1-2H3,(H,19,23)(H,20,22). The van der Waals surface area contributed by atoms with Gasteiger partial charge in [-0.05, 0) is 13.8 Å². The molecule has 0 saturated heterocycles. The zero-order valence-electron chi connectivity index (χ0n) is 13.2. The number of carbonyl (C=O) groups excluding carboxylic acids is 2. The van der Waals surface area contributed by atoms with Crippen LogP contribution in [0.5, 0.6) is 0 Å². The summed E-state index contributed by atoms with van der Waals surface area (Å²) in [5, 5.41) is 5.73. The summed E-state index contributed by atoms with van der Waals surface area (Å²) in [4.78, 5) is 28.6. The molecule has 1 aliphatic heterocycles. The molecule has 0 fully saturated rings. The van der Waals surface area contributed by atoms with Gasteiger partial charge in [0.25, 0.3) is 5.91 Å². The molecule has 2 aromatic rings. The lowest BCUT2D eigenvalue weighted by molar-refractivity contribution is -0.122. The third-order valence-electron chi connectivity index (χ3n) is 3.80. The molecule has 0 spiro atoms. The average Bonchev–Trinajstić information content (AvgIpc) is 2.96. The summed E-state index contributed by atoms with van der Waals surface area (Å²) in [7, 11) is 0. The van der Waals surface area contributed by atoms with Gasteiger partial charge in [-0.1, -0.05) is 30.3 Å². The van der Waals surface area contributed by atoms with Crippen LogP contribution in [0.4, 0.5) is 0 Å². The molecule has 120 valence electrons. The Balaban J connectivity index is 1.95. The maximum Gasteiger partial charge on any atom is 0.269 e. The minimum atomic E-state index is -0.153. The van der Waals surface area contributed by atoms with Gasteiger partial charge in [0.2, 0.25) is 5.91 Å². The molecule has 6 heteroatoms. The minimum Gasteiger partial charge on any atom is -0.354 e. The molecule has 0 radical (unpaired) electrons. The molecule has 23 heavy (non-hydrogen) atoms. The summed E-state index contributed by atoms with van der Waals surface area (Å²) in [6.07, 6.45) is 1.88. The maximum absolute atomic E-state index is 12.1. The van der Waals surface area contributed by atoms with Crippen molar-refractivity contribution in [3.8, 4) is 11.4 Å². The first kappa shape index (κ1) is 15.3. The van der Waals surface area contributed by atoms with Crippen molar-refractivity contribution in [1.29, 1.82) is 0 Å². The van der Waals surface area contributed by atoms with Crippen LogP contribution >= 0.6 is 0 Å². The van der Waals surface area contributed by atoms with Crippen LogP contribution in [-0.4, -0.2) is 34.0 Å². The van der Waals surface area contributed by atoms with Crippen molar-refractivity contribution in [2.45, 2.75) is 32.4 Å². The van der Waals surface area contributed by atoms with E-state index in [4.69, 9.17) is 0 Å². The van der Waals surface area contributed by atoms with Crippen molar-refractivity contribution in [3.63, 3.8) is 0 Å². The van der Waals surface area contributed by atoms with Crippen LogP contribution in [0.25, 0.3) is 11.4 Å². The predicted octanol–water partition coefficient (Wildman–Crippen LogP) is 1.75. The number of rotatable bonds is 4. The van der Waals surface area contributed by atoms with E-state index in [0.717, 1.165) is 11.4 Å². The number of fused-ring (bicyclic) bond motifs is 1. The molecular formula is C17H20N4O2. The maximum atomic E-state index is 12.1. The van der Waals surface area contributed by atoms with Crippen LogP contribution in [0, 0.1) is 0 Å². The molecule has 1 atom stereocenters. The van der Waals surface area contributed by atoms with Gasteiger partial charge in [0.05, 0.1) is 12.2 Å². The van der Waals surface area contributed by atoms with E-state index in [1.165, 1.54) is 0 Å². The van der Waals surface area contributed by atoms with E-state index < -0.39 is 0 Å². The SMILES string of the molecule is CC(C)NC(=O)CC1CNC(=O)c2cnc(-c3ccccc3)n21. The van der Waals surface area contributed by atoms with Crippen LogP contribution in [0.1, 0.15) is 36.8 Å². The molecule has 6 nitrogen and oxygen atoms in total. The fourth-order valence-electron chi connectivity index (χ4n) is 2.85. The molecule has 0 aliphatic carbocycles. The number of amides is 2. The lowest BCUT2D eigenvalue weighted by Gasteiger charge is -2.27. The highest BCUT2D eigenvalue weighted by Crippen LogP contribution is 2.27. The highest BCUT2D eigenvalue weighted by molar-refractivity contribution is 5.94. The van der Waals surface area contributed by atoms with E-state index >= 15 is 0 Å². The first-order valence-corrected chi connectivity index (χ1v) is 7.76. The highest BCUT2D eigenvalue weighted by atomic mass is 16.2. The number of aromatic nitrogens is 2. The van der Waals surface area contributed by atoms with Gasteiger partial charge in [-0.15, -0.1) is 0 Å². The second-order valence-corrected chi connectivity index (χ2v) is 5.99. The van der Waals surface area contributed by atoms with Crippen molar-refractivity contribution in [3.05, 3.63) is 42.2 Å². The molecular weight excluding hydrogens is 292 g/mol. The van der Waals surface area contributed by atoms with Gasteiger partial charge in [0.15, 0.2) is 0 Å². The number of nitrogens with zero attached hydrogens (tertiary/aromatic N) is 2. The lowest BCUT2D eigenvalue weighted by Crippen LogP contribution is -2.41. The van der Waals surface area contributed by atoms with E-state index in [-0.39, 0.29) is 23.9 Å². The molecule has 1 aliphatic rings. The molecule has 0 bridgehead atoms. The monoisotopic (exact) mass is 312 g/mol. The average molecular weight is 312 g/mol. The summed E-state index contributed by atoms with van der Waals surface area (Å²) in [5.74, 6) is 0.540. The predicted molar refractivity (Wildman–Crippen MR) is 86.9 cm³/mol. The molecule has 2 heterocycles. The van der Waals surface area contributed by atoms with Crippen molar-refractivity contribution in [1.82, 2.24) is 20.2 Å². The third-order valence-corrected chi connectivity index (χ3v) is 3.80. The first-order chi connectivity index (χ1) is 11.1. The van der Waals surface area contributed by atoms with E-state index in [1.54, 1.807) is 6.20 Å². The van der Waals surface area contributed by atoms with E-state index in [2.05, 4.69) is 15.6 Å². The number of hydrogen-bond donors (Lipinski definition) is 2. The van der Waals surface area contributed by atoms with E-state index in [9.17, 15) is 9.59 Å². The highest BCUT2D eigenvalue weighted by Gasteiger charge is 2.30. The zero-order valence-corrected chi connectivity index (χ0v) is 13.2. The fourth-order valence-corrected chi connectivity index (χ4v) is 2.85. The van der Waals surface area contributed by atoms with Gasteiger partial charge in [-0.2, -0.15) is 0 Å². The summed E-state index contributed by atoms with van der Waals surface area (Å²) in [5.41, 5.74) is 1.43. The summed E-state index contributed by atoms with van der Waals surface area (Å²) in [6, 6.07) is 9.65. The van der Waals surface area contributed by atoms with Gasteiger partial charge < -0.3 is 15.2 Å². The fraction of sp³-hybridized carbons (Fsp3) is 0.353. The first-order valence-electron chi connectivity index (χ1n) is 7.76. The van der Waals surface area contributed by atoms with Gasteiger partial charge in [0.1, 0.15) is 11.5 Å². The Morgan fingerprint density at radius 3 is 2.83 bits per heavy atom. The van der Waals surface area contributed by atoms with Gasteiger partial charge >= 0.3 is 0 Å². The second-order valence-electron chi connectivity index (χ2n) is 5.99. The summed E-state index contributed by atoms with van der Waals surface area (Å²) < 4.78 is 1.88.